The molecule has 0 amide bonds. The first-order valence-corrected chi connectivity index (χ1v) is 19.6. The number of rotatable bonds is 5. The smallest absolute Gasteiger partial charge is 0.136 e. The van der Waals surface area contributed by atoms with E-state index in [9.17, 15) is 0 Å². The minimum Gasteiger partial charge on any atom is -0.456 e. The van der Waals surface area contributed by atoms with Gasteiger partial charge in [0.15, 0.2) is 0 Å². The number of hydrogen-bond acceptors (Lipinski definition) is 4. The molecule has 0 aliphatic carbocycles. The van der Waals surface area contributed by atoms with Gasteiger partial charge in [0, 0.05) is 43.7 Å². The number of fused-ring (bicyclic) bond motifs is 10. The van der Waals surface area contributed by atoms with Gasteiger partial charge < -0.3 is 13.6 Å². The monoisotopic (exact) mass is 735 g/mol. The number of hydrogen-bond donors (Lipinski definition) is 3. The van der Waals surface area contributed by atoms with Crippen LogP contribution in [-0.2, 0) is 0 Å². The fraction of sp³-hybridized carbons (Fsp3) is 0.0588. The average molecular weight is 736 g/mol. The summed E-state index contributed by atoms with van der Waals surface area (Å²) >= 11 is 0. The maximum absolute atomic E-state index is 6.45. The van der Waals surface area contributed by atoms with E-state index in [4.69, 9.17) is 4.42 Å². The Morgan fingerprint density at radius 2 is 0.842 bits per heavy atom. The van der Waals surface area contributed by atoms with Crippen LogP contribution in [0.15, 0.2) is 192 Å². The number of nitrogens with zero attached hydrogens (tertiary/aromatic N) is 2. The van der Waals surface area contributed by atoms with Crippen molar-refractivity contribution in [1.29, 1.82) is 0 Å². The van der Waals surface area contributed by atoms with E-state index < -0.39 is 0 Å². The van der Waals surface area contributed by atoms with Crippen molar-refractivity contribution in [3.63, 3.8) is 0 Å². The molecule has 0 spiro atoms. The lowest BCUT2D eigenvalue weighted by Crippen LogP contribution is -2.54. The first-order chi connectivity index (χ1) is 28.3. The number of aromatic nitrogens is 2. The molecule has 0 saturated carbocycles. The van der Waals surface area contributed by atoms with E-state index in [0.29, 0.717) is 0 Å². The highest BCUT2D eigenvalue weighted by Crippen LogP contribution is 2.44. The summed E-state index contributed by atoms with van der Waals surface area (Å²) in [6, 6.07) is 67.3. The van der Waals surface area contributed by atoms with E-state index in [-0.39, 0.29) is 18.5 Å². The first-order valence-electron chi connectivity index (χ1n) is 19.6. The van der Waals surface area contributed by atoms with Crippen LogP contribution >= 0.6 is 0 Å². The second kappa shape index (κ2) is 12.8. The molecule has 1 saturated heterocycles. The Bertz CT molecular complexity index is 3230. The lowest BCUT2D eigenvalue weighted by atomic mass is 10.0. The highest BCUT2D eigenvalue weighted by Gasteiger charge is 2.30. The third-order valence-corrected chi connectivity index (χ3v) is 11.8. The second-order valence-corrected chi connectivity index (χ2v) is 15.1. The Morgan fingerprint density at radius 1 is 0.333 bits per heavy atom. The van der Waals surface area contributed by atoms with Gasteiger partial charge in [-0.05, 0) is 77.4 Å². The lowest BCUT2D eigenvalue weighted by molar-refractivity contribution is 0.203. The summed E-state index contributed by atoms with van der Waals surface area (Å²) in [6.07, 6.45) is -0.136. The maximum Gasteiger partial charge on any atom is 0.136 e. The van der Waals surface area contributed by atoms with E-state index in [1.54, 1.807) is 0 Å². The van der Waals surface area contributed by atoms with E-state index >= 15 is 0 Å². The topological polar surface area (TPSA) is 59.1 Å². The molecular weight excluding hydrogens is 699 g/mol. The molecule has 1 aliphatic rings. The molecule has 1 aliphatic heterocycles. The number of nitrogens with one attached hydrogen (secondary N) is 3. The van der Waals surface area contributed by atoms with Crippen LogP contribution in [0.4, 0.5) is 0 Å². The Hall–Kier alpha value is -6.96. The van der Waals surface area contributed by atoms with E-state index in [1.165, 1.54) is 54.8 Å². The van der Waals surface area contributed by atoms with Gasteiger partial charge in [0.05, 0.1) is 40.6 Å². The summed E-state index contributed by atoms with van der Waals surface area (Å²) in [7, 11) is 0. The van der Waals surface area contributed by atoms with Crippen molar-refractivity contribution in [2.75, 3.05) is 0 Å². The van der Waals surface area contributed by atoms with Crippen molar-refractivity contribution in [2.24, 2.45) is 0 Å². The third kappa shape index (κ3) is 5.09. The van der Waals surface area contributed by atoms with Crippen LogP contribution < -0.4 is 16.0 Å². The Labute approximate surface area is 328 Å². The van der Waals surface area contributed by atoms with E-state index in [1.807, 2.05) is 6.07 Å². The highest BCUT2D eigenvalue weighted by atomic mass is 16.3. The van der Waals surface area contributed by atoms with Crippen LogP contribution in [0.5, 0.6) is 0 Å². The summed E-state index contributed by atoms with van der Waals surface area (Å²) < 4.78 is 11.3. The van der Waals surface area contributed by atoms with Crippen molar-refractivity contribution < 1.29 is 4.42 Å². The zero-order chi connectivity index (χ0) is 37.5. The fourth-order valence-corrected chi connectivity index (χ4v) is 9.25. The Kier molecular flexibility index (Phi) is 7.25. The molecule has 3 N–H and O–H groups in total. The van der Waals surface area contributed by atoms with Gasteiger partial charge in [-0.1, -0.05) is 127 Å². The second-order valence-electron chi connectivity index (χ2n) is 15.1. The van der Waals surface area contributed by atoms with Crippen LogP contribution in [0.25, 0.3) is 76.9 Å². The standard InChI is InChI=1S/C51H37N5O/c1-4-14-32(15-5-1)49-52-50(33-16-6-2-7-17-33)54-51(53-49)34-24-26-36(27-25-34)55-41-22-12-10-20-37(41)39-30-44-40(31-43(39)55)47-42(56(44)35-18-8-3-9-19-35)28-29-46-48(47)38-21-11-13-23-45(38)57-46/h1-31,49-54H. The zero-order valence-corrected chi connectivity index (χ0v) is 30.9. The average Bonchev–Trinajstić information content (AvgIpc) is 3.93. The summed E-state index contributed by atoms with van der Waals surface area (Å²) in [5, 5.41) is 18.6. The van der Waals surface area contributed by atoms with Gasteiger partial charge in [0.25, 0.3) is 0 Å². The molecule has 8 aromatic carbocycles. The number of benzene rings is 8. The Balaban J connectivity index is 1.05. The molecular formula is C51H37N5O. The minimum absolute atomic E-state index is 0.0288. The molecule has 12 rings (SSSR count). The van der Waals surface area contributed by atoms with Gasteiger partial charge in [0.2, 0.25) is 0 Å². The van der Waals surface area contributed by atoms with Crippen LogP contribution in [-0.4, -0.2) is 9.13 Å². The highest BCUT2D eigenvalue weighted by molar-refractivity contribution is 6.29. The van der Waals surface area contributed by atoms with Gasteiger partial charge in [-0.2, -0.15) is 0 Å². The van der Waals surface area contributed by atoms with Crippen LogP contribution in [0.1, 0.15) is 35.2 Å². The van der Waals surface area contributed by atoms with E-state index in [0.717, 1.165) is 38.8 Å². The van der Waals surface area contributed by atoms with Crippen molar-refractivity contribution >= 4 is 65.6 Å². The predicted octanol–water partition coefficient (Wildman–Crippen LogP) is 12.0. The van der Waals surface area contributed by atoms with Crippen molar-refractivity contribution in [3.8, 4) is 11.4 Å². The molecule has 4 heterocycles. The van der Waals surface area contributed by atoms with Gasteiger partial charge in [-0.25, -0.2) is 0 Å². The molecule has 11 aromatic rings. The molecule has 0 radical (unpaired) electrons. The maximum atomic E-state index is 6.45. The van der Waals surface area contributed by atoms with Crippen LogP contribution in [0.3, 0.4) is 0 Å². The zero-order valence-electron chi connectivity index (χ0n) is 30.9. The van der Waals surface area contributed by atoms with Crippen molar-refractivity contribution in [2.45, 2.75) is 18.5 Å². The molecule has 6 heteroatoms. The molecule has 272 valence electrons. The van der Waals surface area contributed by atoms with Gasteiger partial charge in [0.1, 0.15) is 11.2 Å². The SMILES string of the molecule is c1ccc(C2NC(c3ccccc3)NC(c3ccc(-n4c5ccccc5c5cc6c(cc54)c4c5c(ccc4n6-c4ccccc4)oc4ccccc45)cc3)N2)cc1. The van der Waals surface area contributed by atoms with Crippen molar-refractivity contribution in [1.82, 2.24) is 25.1 Å². The van der Waals surface area contributed by atoms with Gasteiger partial charge in [-0.3, -0.25) is 16.0 Å². The Morgan fingerprint density at radius 3 is 1.53 bits per heavy atom. The van der Waals surface area contributed by atoms with Gasteiger partial charge in [-0.15, -0.1) is 0 Å². The fourth-order valence-electron chi connectivity index (χ4n) is 9.25. The third-order valence-electron chi connectivity index (χ3n) is 11.8. The lowest BCUT2D eigenvalue weighted by Gasteiger charge is -2.39. The summed E-state index contributed by atoms with van der Waals surface area (Å²) in [5.74, 6) is 0. The number of para-hydroxylation sites is 3. The van der Waals surface area contributed by atoms with Crippen molar-refractivity contribution in [3.05, 3.63) is 205 Å². The molecule has 6 nitrogen and oxygen atoms in total. The summed E-state index contributed by atoms with van der Waals surface area (Å²) in [6.45, 7) is 0. The van der Waals surface area contributed by atoms with E-state index in [2.05, 4.69) is 207 Å². The normalized spacial score (nSPS) is 17.4. The van der Waals surface area contributed by atoms with Crippen LogP contribution in [0.2, 0.25) is 0 Å². The predicted molar refractivity (Wildman–Crippen MR) is 233 cm³/mol. The summed E-state index contributed by atoms with van der Waals surface area (Å²) in [4.78, 5) is 0. The first kappa shape index (κ1) is 32.3. The molecule has 2 unspecified atom stereocenters. The quantitative estimate of drug-likeness (QED) is 0.165. The molecule has 0 bridgehead atoms. The molecule has 1 fully saturated rings. The number of furan rings is 1. The molecule has 2 atom stereocenters. The molecule has 3 aromatic heterocycles. The molecule has 57 heavy (non-hydrogen) atoms. The largest absolute Gasteiger partial charge is 0.456 e. The van der Waals surface area contributed by atoms with Crippen LogP contribution in [0, 0.1) is 0 Å². The van der Waals surface area contributed by atoms with Gasteiger partial charge >= 0.3 is 0 Å². The summed E-state index contributed by atoms with van der Waals surface area (Å²) in [5.41, 5.74) is 12.3. The minimum atomic E-state index is -0.0789.